The average Bonchev–Trinajstić information content (AvgIpc) is 3.52. The van der Waals surface area contributed by atoms with E-state index in [0.717, 1.165) is 50.5 Å². The molecule has 0 atom stereocenters. The lowest BCUT2D eigenvalue weighted by molar-refractivity contribution is -0.155. The van der Waals surface area contributed by atoms with Gasteiger partial charge in [-0.05, 0) is 25.7 Å². The Hall–Kier alpha value is -2.84. The summed E-state index contributed by atoms with van der Waals surface area (Å²) in [6.45, 7) is 0.129. The number of hydrogen-bond acceptors (Lipinski definition) is 6. The molecule has 2 fully saturated rings. The van der Waals surface area contributed by atoms with Crippen molar-refractivity contribution in [2.24, 2.45) is 5.41 Å². The fourth-order valence-electron chi connectivity index (χ4n) is 5.58. The fraction of sp³-hybridized carbons (Fsp3) is 0.538. The molecule has 5 rings (SSSR count). The second-order valence-corrected chi connectivity index (χ2v) is 9.97. The molecule has 0 saturated heterocycles. The lowest BCUT2D eigenvalue weighted by Gasteiger charge is -2.38. The Morgan fingerprint density at radius 1 is 1.03 bits per heavy atom. The van der Waals surface area contributed by atoms with Crippen molar-refractivity contribution in [3.63, 3.8) is 0 Å². The zero-order valence-corrected chi connectivity index (χ0v) is 19.5. The van der Waals surface area contributed by atoms with E-state index in [1.807, 2.05) is 30.3 Å². The van der Waals surface area contributed by atoms with Gasteiger partial charge in [0.2, 0.25) is 0 Å². The van der Waals surface area contributed by atoms with Crippen LogP contribution in [0.2, 0.25) is 0 Å². The summed E-state index contributed by atoms with van der Waals surface area (Å²) < 4.78 is 7.65. The highest BCUT2D eigenvalue weighted by atomic mass is 16.5. The lowest BCUT2D eigenvalue weighted by Crippen LogP contribution is -2.46. The number of nitrogens with zero attached hydrogens (tertiary/aromatic N) is 3. The van der Waals surface area contributed by atoms with Crippen LogP contribution in [0.1, 0.15) is 69.9 Å². The second kappa shape index (κ2) is 9.43. The first kappa shape index (κ1) is 22.9. The first-order chi connectivity index (χ1) is 16.5. The van der Waals surface area contributed by atoms with E-state index in [9.17, 15) is 14.7 Å². The van der Waals surface area contributed by atoms with Crippen molar-refractivity contribution in [1.82, 2.24) is 19.6 Å². The summed E-state index contributed by atoms with van der Waals surface area (Å²) in [7, 11) is 0. The maximum Gasteiger partial charge on any atom is 0.274 e. The van der Waals surface area contributed by atoms with E-state index in [1.54, 1.807) is 0 Å². The molecule has 180 valence electrons. The fourth-order valence-corrected chi connectivity index (χ4v) is 5.58. The van der Waals surface area contributed by atoms with Gasteiger partial charge in [-0.1, -0.05) is 62.4 Å². The van der Waals surface area contributed by atoms with Crippen molar-refractivity contribution in [1.29, 1.82) is 0 Å². The minimum Gasteiger partial charge on any atom is -0.396 e. The van der Waals surface area contributed by atoms with Crippen LogP contribution in [0.4, 0.5) is 0 Å². The molecule has 0 bridgehead atoms. The first-order valence-electron chi connectivity index (χ1n) is 12.3. The third-order valence-corrected chi connectivity index (χ3v) is 7.63. The van der Waals surface area contributed by atoms with E-state index in [4.69, 9.17) is 4.74 Å². The van der Waals surface area contributed by atoms with E-state index in [-0.39, 0.29) is 35.7 Å². The lowest BCUT2D eigenvalue weighted by atomic mass is 9.73. The number of benzene rings is 1. The van der Waals surface area contributed by atoms with Gasteiger partial charge in [0.25, 0.3) is 11.3 Å². The van der Waals surface area contributed by atoms with Crippen molar-refractivity contribution >= 4 is 11.6 Å². The highest BCUT2D eigenvalue weighted by Gasteiger charge is 2.45. The molecule has 1 aromatic carbocycles. The van der Waals surface area contributed by atoms with Crippen molar-refractivity contribution in [2.75, 3.05) is 6.61 Å². The largest absolute Gasteiger partial charge is 0.396 e. The highest BCUT2D eigenvalue weighted by Crippen LogP contribution is 2.44. The number of ketones is 1. The average molecular weight is 465 g/mol. The molecule has 2 aliphatic rings. The first-order valence-corrected chi connectivity index (χ1v) is 12.3. The Morgan fingerprint density at radius 3 is 2.44 bits per heavy atom. The van der Waals surface area contributed by atoms with Gasteiger partial charge in [-0.2, -0.15) is 9.50 Å². The quantitative estimate of drug-likeness (QED) is 0.525. The van der Waals surface area contributed by atoms with Crippen LogP contribution in [-0.4, -0.2) is 42.7 Å². The van der Waals surface area contributed by atoms with Crippen molar-refractivity contribution in [2.45, 2.75) is 76.4 Å². The van der Waals surface area contributed by atoms with Gasteiger partial charge in [-0.15, -0.1) is 0 Å². The van der Waals surface area contributed by atoms with Gasteiger partial charge >= 0.3 is 0 Å². The highest BCUT2D eigenvalue weighted by molar-refractivity contribution is 5.88. The second-order valence-electron chi connectivity index (χ2n) is 9.97. The number of nitrogens with one attached hydrogen (secondary N) is 1. The van der Waals surface area contributed by atoms with Crippen LogP contribution in [0.15, 0.2) is 41.2 Å². The van der Waals surface area contributed by atoms with Gasteiger partial charge in [-0.25, -0.2) is 4.98 Å². The number of fused-ring (bicyclic) bond motifs is 1. The van der Waals surface area contributed by atoms with E-state index < -0.39 is 5.60 Å². The van der Waals surface area contributed by atoms with Gasteiger partial charge in [0, 0.05) is 30.1 Å². The van der Waals surface area contributed by atoms with E-state index in [0.29, 0.717) is 30.8 Å². The molecule has 2 aliphatic carbocycles. The standard InChI is InChI=1S/C26H32N4O4/c31-18-25(11-7-8-12-25)16-21(32)26(13-5-2-6-14-26)34-17-20-15-22(33)30-24(27-20)28-23(29-30)19-9-3-1-4-10-19/h1,3-4,9-10,15,31H,2,5-8,11-14,16-18H2,(H,27,28,29). The van der Waals surface area contributed by atoms with Crippen LogP contribution in [0.25, 0.3) is 17.2 Å². The predicted molar refractivity (Wildman–Crippen MR) is 127 cm³/mol. The SMILES string of the molecule is O=C(CC1(CO)CCCC1)C1(OCc2cc(=O)n3[nH]c(-c4ccccc4)nc3n2)CCCCC1. The number of H-pyrrole nitrogens is 1. The molecular weight excluding hydrogens is 432 g/mol. The summed E-state index contributed by atoms with van der Waals surface area (Å²) in [5.74, 6) is 0.930. The normalized spacial score (nSPS) is 19.4. The molecule has 0 radical (unpaired) electrons. The third kappa shape index (κ3) is 4.44. The number of carbonyl (C=O) groups excluding carboxylic acids is 1. The molecule has 0 amide bonds. The van der Waals surface area contributed by atoms with E-state index in [2.05, 4.69) is 15.1 Å². The molecule has 0 unspecified atom stereocenters. The van der Waals surface area contributed by atoms with E-state index >= 15 is 0 Å². The van der Waals surface area contributed by atoms with Gasteiger partial charge < -0.3 is 9.84 Å². The minimum absolute atomic E-state index is 0.0483. The Balaban J connectivity index is 1.37. The summed E-state index contributed by atoms with van der Waals surface area (Å²) in [5.41, 5.74) is -0.110. The number of Topliss-reactive ketones (excluding diaryl/α,β-unsaturated/α-hetero) is 1. The van der Waals surface area contributed by atoms with Crippen LogP contribution in [0.5, 0.6) is 0 Å². The summed E-state index contributed by atoms with van der Waals surface area (Å²) >= 11 is 0. The number of aromatic nitrogens is 4. The topological polar surface area (TPSA) is 110 Å². The molecule has 8 heteroatoms. The number of rotatable bonds is 8. The van der Waals surface area contributed by atoms with Gasteiger partial charge in [0.1, 0.15) is 5.60 Å². The van der Waals surface area contributed by atoms with Gasteiger partial charge in [0.15, 0.2) is 11.6 Å². The van der Waals surface area contributed by atoms with Gasteiger partial charge in [-0.3, -0.25) is 14.7 Å². The maximum atomic E-state index is 13.6. The van der Waals surface area contributed by atoms with Gasteiger partial charge in [0.05, 0.1) is 12.3 Å². The molecule has 3 aromatic rings. The molecule has 34 heavy (non-hydrogen) atoms. The zero-order valence-electron chi connectivity index (χ0n) is 19.5. The van der Waals surface area contributed by atoms with Crippen molar-refractivity contribution in [3.05, 3.63) is 52.4 Å². The van der Waals surface area contributed by atoms with Crippen LogP contribution in [0, 0.1) is 5.41 Å². The number of carbonyl (C=O) groups is 1. The van der Waals surface area contributed by atoms with Crippen molar-refractivity contribution in [3.8, 4) is 11.4 Å². The molecule has 2 saturated carbocycles. The molecule has 2 aromatic heterocycles. The summed E-state index contributed by atoms with van der Waals surface area (Å²) in [6, 6.07) is 11.0. The summed E-state index contributed by atoms with van der Waals surface area (Å²) in [4.78, 5) is 35.3. The number of aliphatic hydroxyl groups is 1. The maximum absolute atomic E-state index is 13.6. The predicted octanol–water partition coefficient (Wildman–Crippen LogP) is 3.82. The van der Waals surface area contributed by atoms with Crippen molar-refractivity contribution < 1.29 is 14.6 Å². The number of hydrogen-bond donors (Lipinski definition) is 2. The molecule has 8 nitrogen and oxygen atoms in total. The van der Waals surface area contributed by atoms with Crippen LogP contribution >= 0.6 is 0 Å². The molecule has 2 heterocycles. The number of aromatic amines is 1. The minimum atomic E-state index is -0.864. The molecule has 2 N–H and O–H groups in total. The smallest absolute Gasteiger partial charge is 0.274 e. The molecular formula is C26H32N4O4. The zero-order chi connectivity index (χ0) is 23.6. The Kier molecular flexibility index (Phi) is 6.36. The van der Waals surface area contributed by atoms with Crippen LogP contribution in [-0.2, 0) is 16.1 Å². The Labute approximate surface area is 198 Å². The monoisotopic (exact) mass is 464 g/mol. The van der Waals surface area contributed by atoms with E-state index in [1.165, 1.54) is 10.6 Å². The molecule has 0 spiro atoms. The Bertz CT molecular complexity index is 1200. The number of aliphatic hydroxyl groups excluding tert-OH is 1. The summed E-state index contributed by atoms with van der Waals surface area (Å²) in [6.07, 6.45) is 8.58. The third-order valence-electron chi connectivity index (χ3n) is 7.63. The summed E-state index contributed by atoms with van der Waals surface area (Å²) in [5, 5.41) is 13.0. The number of ether oxygens (including phenoxy) is 1. The van der Waals surface area contributed by atoms with Crippen LogP contribution in [0.3, 0.4) is 0 Å². The molecule has 0 aliphatic heterocycles. The van der Waals surface area contributed by atoms with Crippen LogP contribution < -0.4 is 5.56 Å². The Morgan fingerprint density at radius 2 is 1.74 bits per heavy atom.